The minimum absolute atomic E-state index is 0.0000229. The summed E-state index contributed by atoms with van der Waals surface area (Å²) >= 11 is 0. The number of methoxy groups -OCH3 is 1. The topological polar surface area (TPSA) is 66.9 Å². The second-order valence-corrected chi connectivity index (χ2v) is 9.44. The molecule has 0 aliphatic carbocycles. The number of halogens is 1. The summed E-state index contributed by atoms with van der Waals surface area (Å²) in [7, 11) is -2.52. The minimum atomic E-state index is -3.85. The number of likely N-dealkylation sites (tertiary alicyclic amines) is 1. The second-order valence-electron chi connectivity index (χ2n) is 7.51. The van der Waals surface area contributed by atoms with Crippen LogP contribution in [-0.2, 0) is 14.8 Å². The van der Waals surface area contributed by atoms with Crippen LogP contribution in [0, 0.1) is 17.7 Å². The van der Waals surface area contributed by atoms with E-state index in [0.717, 1.165) is 32.0 Å². The van der Waals surface area contributed by atoms with Crippen LogP contribution >= 0.6 is 0 Å². The third-order valence-electron chi connectivity index (χ3n) is 5.59. The Morgan fingerprint density at radius 2 is 1.89 bits per heavy atom. The van der Waals surface area contributed by atoms with Crippen LogP contribution in [0.15, 0.2) is 23.1 Å². The molecule has 6 nitrogen and oxygen atoms in total. The zero-order valence-corrected chi connectivity index (χ0v) is 16.7. The van der Waals surface area contributed by atoms with E-state index in [1.165, 1.54) is 23.5 Å². The number of hydrogen-bond donors (Lipinski definition) is 0. The Morgan fingerprint density at radius 3 is 2.52 bits per heavy atom. The van der Waals surface area contributed by atoms with E-state index in [-0.39, 0.29) is 29.0 Å². The average molecular weight is 399 g/mol. The molecule has 0 radical (unpaired) electrons. The third kappa shape index (κ3) is 4.27. The van der Waals surface area contributed by atoms with Crippen LogP contribution in [0.3, 0.4) is 0 Å². The monoisotopic (exact) mass is 398 g/mol. The number of sulfonamides is 1. The lowest BCUT2D eigenvalue weighted by atomic mass is 9.94. The Morgan fingerprint density at radius 1 is 1.19 bits per heavy atom. The van der Waals surface area contributed by atoms with Gasteiger partial charge in [-0.05, 0) is 49.8 Å². The molecule has 2 aliphatic rings. The van der Waals surface area contributed by atoms with Gasteiger partial charge in [0, 0.05) is 26.2 Å². The molecule has 2 saturated heterocycles. The molecule has 2 fully saturated rings. The molecule has 8 heteroatoms. The van der Waals surface area contributed by atoms with E-state index in [1.54, 1.807) is 0 Å². The Labute approximate surface area is 160 Å². The first kappa shape index (κ1) is 20.1. The number of hydrogen-bond acceptors (Lipinski definition) is 4. The van der Waals surface area contributed by atoms with Crippen molar-refractivity contribution in [3.63, 3.8) is 0 Å². The maximum Gasteiger partial charge on any atom is 0.243 e. The predicted molar refractivity (Wildman–Crippen MR) is 99.4 cm³/mol. The first-order chi connectivity index (χ1) is 12.8. The fourth-order valence-corrected chi connectivity index (χ4v) is 5.34. The van der Waals surface area contributed by atoms with Gasteiger partial charge in [0.05, 0.1) is 17.9 Å². The molecule has 0 aromatic heterocycles. The quantitative estimate of drug-likeness (QED) is 0.782. The normalized spacial score (nSPS) is 22.6. The second kappa shape index (κ2) is 8.14. The van der Waals surface area contributed by atoms with Crippen LogP contribution < -0.4 is 4.74 Å². The number of benzene rings is 1. The highest BCUT2D eigenvalue weighted by Crippen LogP contribution is 2.28. The van der Waals surface area contributed by atoms with Crippen molar-refractivity contribution in [1.29, 1.82) is 0 Å². The van der Waals surface area contributed by atoms with Crippen molar-refractivity contribution in [3.05, 3.63) is 24.0 Å². The molecule has 150 valence electrons. The van der Waals surface area contributed by atoms with E-state index >= 15 is 0 Å². The summed E-state index contributed by atoms with van der Waals surface area (Å²) < 4.78 is 46.0. The number of carbonyl (C=O) groups excluding carboxylic acids is 1. The summed E-state index contributed by atoms with van der Waals surface area (Å²) in [5, 5.41) is 0. The van der Waals surface area contributed by atoms with E-state index in [1.807, 2.05) is 4.90 Å². The van der Waals surface area contributed by atoms with E-state index in [0.29, 0.717) is 25.3 Å². The van der Waals surface area contributed by atoms with E-state index in [4.69, 9.17) is 4.74 Å². The van der Waals surface area contributed by atoms with Gasteiger partial charge in [0.25, 0.3) is 0 Å². The summed E-state index contributed by atoms with van der Waals surface area (Å²) in [6.07, 6.45) is 3.30. The summed E-state index contributed by atoms with van der Waals surface area (Å²) in [6.45, 7) is 4.17. The molecule has 0 N–H and O–H groups in total. The van der Waals surface area contributed by atoms with Crippen LogP contribution in [-0.4, -0.2) is 56.8 Å². The number of carbonyl (C=O) groups is 1. The molecule has 0 spiro atoms. The predicted octanol–water partition coefficient (Wildman–Crippen LogP) is 2.49. The van der Waals surface area contributed by atoms with Crippen molar-refractivity contribution >= 4 is 15.9 Å². The van der Waals surface area contributed by atoms with Gasteiger partial charge in [-0.2, -0.15) is 4.31 Å². The molecule has 0 bridgehead atoms. The molecular formula is C19H27FN2O4S. The van der Waals surface area contributed by atoms with Crippen LogP contribution in [0.25, 0.3) is 0 Å². The fourth-order valence-electron chi connectivity index (χ4n) is 3.81. The van der Waals surface area contributed by atoms with Gasteiger partial charge >= 0.3 is 0 Å². The smallest absolute Gasteiger partial charge is 0.243 e. The van der Waals surface area contributed by atoms with Crippen molar-refractivity contribution in [1.82, 2.24) is 9.21 Å². The Bertz CT molecular complexity index is 791. The fraction of sp³-hybridized carbons (Fsp3) is 0.632. The lowest BCUT2D eigenvalue weighted by Gasteiger charge is -2.36. The number of ether oxygens (including phenoxy) is 1. The van der Waals surface area contributed by atoms with Gasteiger partial charge in [-0.3, -0.25) is 4.79 Å². The van der Waals surface area contributed by atoms with Gasteiger partial charge in [0.15, 0.2) is 11.6 Å². The van der Waals surface area contributed by atoms with Gasteiger partial charge in [0.1, 0.15) is 0 Å². The molecule has 1 aromatic rings. The van der Waals surface area contributed by atoms with Crippen molar-refractivity contribution in [3.8, 4) is 5.75 Å². The number of nitrogens with zero attached hydrogens (tertiary/aromatic N) is 2. The molecule has 1 aromatic carbocycles. The van der Waals surface area contributed by atoms with Crippen LogP contribution in [0.4, 0.5) is 4.39 Å². The minimum Gasteiger partial charge on any atom is -0.494 e. The Hall–Kier alpha value is -1.67. The average Bonchev–Trinajstić information content (AvgIpc) is 2.68. The molecule has 0 saturated carbocycles. The van der Waals surface area contributed by atoms with Gasteiger partial charge in [-0.25, -0.2) is 12.8 Å². The van der Waals surface area contributed by atoms with Crippen LogP contribution in [0.5, 0.6) is 5.75 Å². The lowest BCUT2D eigenvalue weighted by Crippen LogP contribution is -2.48. The molecule has 1 atom stereocenters. The van der Waals surface area contributed by atoms with Crippen molar-refractivity contribution < 1.29 is 22.3 Å². The molecule has 2 aliphatic heterocycles. The van der Waals surface area contributed by atoms with Crippen LogP contribution in [0.1, 0.15) is 32.6 Å². The van der Waals surface area contributed by atoms with Crippen molar-refractivity contribution in [2.45, 2.75) is 37.5 Å². The maximum absolute atomic E-state index is 14.0. The Kier molecular flexibility index (Phi) is 6.05. The van der Waals surface area contributed by atoms with E-state index < -0.39 is 15.8 Å². The number of rotatable bonds is 4. The molecule has 1 amide bonds. The highest BCUT2D eigenvalue weighted by atomic mass is 32.2. The zero-order chi connectivity index (χ0) is 19.6. The molecule has 2 heterocycles. The first-order valence-corrected chi connectivity index (χ1v) is 10.9. The van der Waals surface area contributed by atoms with Gasteiger partial charge in [-0.15, -0.1) is 0 Å². The standard InChI is InChI=1S/C19H27FN2O4S/c1-14-7-10-21(11-8-14)19(23)15-4-3-9-22(13-15)27(24,25)16-5-6-18(26-2)17(20)12-16/h5-6,12,14-15H,3-4,7-11,13H2,1-2H3/t15-/m1/s1. The van der Waals surface area contributed by atoms with E-state index in [9.17, 15) is 17.6 Å². The Balaban J connectivity index is 1.73. The largest absolute Gasteiger partial charge is 0.494 e. The van der Waals surface area contributed by atoms with Gasteiger partial charge in [0.2, 0.25) is 15.9 Å². The van der Waals surface area contributed by atoms with Crippen molar-refractivity contribution in [2.75, 3.05) is 33.3 Å². The summed E-state index contributed by atoms with van der Waals surface area (Å²) in [5.74, 6) is -0.374. The molecular weight excluding hydrogens is 371 g/mol. The summed E-state index contributed by atoms with van der Waals surface area (Å²) in [5.41, 5.74) is 0. The summed E-state index contributed by atoms with van der Waals surface area (Å²) in [4.78, 5) is 14.6. The van der Waals surface area contributed by atoms with Crippen LogP contribution in [0.2, 0.25) is 0 Å². The van der Waals surface area contributed by atoms with Crippen molar-refractivity contribution in [2.24, 2.45) is 11.8 Å². The molecule has 27 heavy (non-hydrogen) atoms. The zero-order valence-electron chi connectivity index (χ0n) is 15.9. The van der Waals surface area contributed by atoms with E-state index in [2.05, 4.69) is 6.92 Å². The number of piperidine rings is 2. The highest BCUT2D eigenvalue weighted by molar-refractivity contribution is 7.89. The summed E-state index contributed by atoms with van der Waals surface area (Å²) in [6, 6.07) is 3.63. The maximum atomic E-state index is 14.0. The van der Waals surface area contributed by atoms with Gasteiger partial charge < -0.3 is 9.64 Å². The molecule has 0 unspecified atom stereocenters. The highest BCUT2D eigenvalue weighted by Gasteiger charge is 2.36. The van der Waals surface area contributed by atoms with Gasteiger partial charge in [-0.1, -0.05) is 6.92 Å². The number of amides is 1. The first-order valence-electron chi connectivity index (χ1n) is 9.45. The SMILES string of the molecule is COc1ccc(S(=O)(=O)N2CCC[C@@H](C(=O)N3CCC(C)CC3)C2)cc1F. The lowest BCUT2D eigenvalue weighted by molar-refractivity contribution is -0.138. The molecule has 3 rings (SSSR count). The third-order valence-corrected chi connectivity index (χ3v) is 7.45.